The molecule has 4 bridgehead atoms. The molecule has 32 heavy (non-hydrogen) atoms. The van der Waals surface area contributed by atoms with Crippen LogP contribution in [0.4, 0.5) is 18.3 Å². The number of aromatic nitrogens is 1. The highest BCUT2D eigenvalue weighted by Gasteiger charge is 2.55. The van der Waals surface area contributed by atoms with E-state index in [1.165, 1.54) is 42.7 Å². The van der Waals surface area contributed by atoms with E-state index in [9.17, 15) is 18.0 Å². The van der Waals surface area contributed by atoms with E-state index in [1.807, 2.05) is 0 Å². The average Bonchev–Trinajstić information content (AvgIpc) is 3.14. The van der Waals surface area contributed by atoms with E-state index < -0.39 is 6.36 Å². The van der Waals surface area contributed by atoms with Crippen molar-refractivity contribution in [3.05, 3.63) is 18.2 Å². The summed E-state index contributed by atoms with van der Waals surface area (Å²) in [6.45, 7) is 2.76. The van der Waals surface area contributed by atoms with Gasteiger partial charge in [0.05, 0.1) is 15.6 Å². The van der Waals surface area contributed by atoms with E-state index in [-0.39, 0.29) is 11.2 Å². The van der Waals surface area contributed by atoms with Crippen LogP contribution in [0.5, 0.6) is 5.75 Å². The predicted octanol–water partition coefficient (Wildman–Crippen LogP) is 5.06. The quantitative estimate of drug-likeness (QED) is 0.636. The topological polar surface area (TPSA) is 45.7 Å². The summed E-state index contributed by atoms with van der Waals surface area (Å²) in [5.41, 5.74) is 0.549. The number of halogens is 3. The van der Waals surface area contributed by atoms with Crippen molar-refractivity contribution in [2.24, 2.45) is 23.2 Å². The highest BCUT2D eigenvalue weighted by atomic mass is 32.1. The third-order valence-corrected chi connectivity index (χ3v) is 8.99. The normalized spacial score (nSPS) is 32.0. The van der Waals surface area contributed by atoms with Crippen LogP contribution < -0.4 is 9.64 Å². The van der Waals surface area contributed by atoms with Gasteiger partial charge in [0.1, 0.15) is 5.75 Å². The number of amides is 1. The number of alkyl halides is 3. The Balaban J connectivity index is 1.13. The summed E-state index contributed by atoms with van der Waals surface area (Å²) in [6, 6.07) is 4.24. The molecule has 1 aromatic heterocycles. The Labute approximate surface area is 188 Å². The first-order valence-electron chi connectivity index (χ1n) is 11.5. The van der Waals surface area contributed by atoms with E-state index in [2.05, 4.69) is 19.5 Å². The van der Waals surface area contributed by atoms with Crippen LogP contribution in [-0.4, -0.2) is 48.3 Å². The van der Waals surface area contributed by atoms with Gasteiger partial charge in [-0.1, -0.05) is 11.3 Å². The molecule has 4 saturated carbocycles. The molecule has 4 aliphatic carbocycles. The number of carbonyl (C=O) groups excluding carboxylic acids is 1. The number of benzene rings is 1. The first-order valence-corrected chi connectivity index (χ1v) is 12.3. The fraction of sp³-hybridized carbons (Fsp3) is 0.652. The average molecular weight is 466 g/mol. The van der Waals surface area contributed by atoms with E-state index in [4.69, 9.17) is 0 Å². The van der Waals surface area contributed by atoms with Crippen LogP contribution in [0, 0.1) is 23.2 Å². The fourth-order valence-electron chi connectivity index (χ4n) is 7.03. The summed E-state index contributed by atoms with van der Waals surface area (Å²) in [4.78, 5) is 22.4. The Kier molecular flexibility index (Phi) is 4.65. The lowest BCUT2D eigenvalue weighted by Gasteiger charge is -2.57. The Morgan fingerprint density at radius 3 is 2.25 bits per heavy atom. The van der Waals surface area contributed by atoms with Gasteiger partial charge < -0.3 is 14.5 Å². The summed E-state index contributed by atoms with van der Waals surface area (Å²) in [5, 5.41) is 0.783. The molecule has 7 rings (SSSR count). The van der Waals surface area contributed by atoms with Crippen LogP contribution in [-0.2, 0) is 4.79 Å². The molecular weight excluding hydrogens is 439 g/mol. The number of piperazine rings is 1. The van der Waals surface area contributed by atoms with Crippen molar-refractivity contribution < 1.29 is 22.7 Å². The number of carbonyl (C=O) groups is 1. The van der Waals surface area contributed by atoms with Gasteiger partial charge in [0.25, 0.3) is 0 Å². The van der Waals surface area contributed by atoms with Crippen molar-refractivity contribution >= 4 is 32.6 Å². The van der Waals surface area contributed by atoms with E-state index in [1.54, 1.807) is 6.07 Å². The molecule has 1 aromatic carbocycles. The second-order valence-electron chi connectivity index (χ2n) is 10.2. The Bertz CT molecular complexity index is 1010. The second kappa shape index (κ2) is 7.23. The van der Waals surface area contributed by atoms with Gasteiger partial charge in [0.2, 0.25) is 5.91 Å². The van der Waals surface area contributed by atoms with Crippen molar-refractivity contribution in [3.8, 4) is 5.75 Å². The molecule has 0 N–H and O–H groups in total. The molecule has 0 spiro atoms. The SMILES string of the molecule is O=C(N1CCN(c2nc3ccc(OC(F)(F)F)cc3s2)CC1)C12CC3CC(CC(C3)C1)C2. The number of fused-ring (bicyclic) bond motifs is 1. The lowest BCUT2D eigenvalue weighted by atomic mass is 9.49. The Morgan fingerprint density at radius 2 is 1.66 bits per heavy atom. The van der Waals surface area contributed by atoms with Gasteiger partial charge in [-0.3, -0.25) is 4.79 Å². The molecule has 1 saturated heterocycles. The van der Waals surface area contributed by atoms with Crippen molar-refractivity contribution in [2.75, 3.05) is 31.1 Å². The van der Waals surface area contributed by atoms with Crippen molar-refractivity contribution in [1.29, 1.82) is 0 Å². The van der Waals surface area contributed by atoms with Gasteiger partial charge in [-0.25, -0.2) is 4.98 Å². The lowest BCUT2D eigenvalue weighted by Crippen LogP contribution is -2.58. The molecule has 2 heterocycles. The van der Waals surface area contributed by atoms with Crippen LogP contribution in [0.25, 0.3) is 10.2 Å². The lowest BCUT2D eigenvalue weighted by molar-refractivity contribution is -0.274. The van der Waals surface area contributed by atoms with E-state index in [0.717, 1.165) is 42.1 Å². The molecule has 2 aromatic rings. The highest BCUT2D eigenvalue weighted by molar-refractivity contribution is 7.22. The van der Waals surface area contributed by atoms with Gasteiger partial charge in [0, 0.05) is 32.2 Å². The van der Waals surface area contributed by atoms with Crippen LogP contribution in [0.15, 0.2) is 18.2 Å². The van der Waals surface area contributed by atoms with Crippen LogP contribution in [0.2, 0.25) is 0 Å². The third kappa shape index (κ3) is 3.62. The van der Waals surface area contributed by atoms with Crippen LogP contribution >= 0.6 is 11.3 Å². The number of nitrogens with zero attached hydrogens (tertiary/aromatic N) is 3. The number of anilines is 1. The van der Waals surface area contributed by atoms with Crippen molar-refractivity contribution in [2.45, 2.75) is 44.9 Å². The van der Waals surface area contributed by atoms with Gasteiger partial charge in [-0.2, -0.15) is 0 Å². The van der Waals surface area contributed by atoms with E-state index >= 15 is 0 Å². The molecule has 5 fully saturated rings. The molecule has 0 atom stereocenters. The minimum atomic E-state index is -4.71. The fourth-order valence-corrected chi connectivity index (χ4v) is 8.08. The summed E-state index contributed by atoms with van der Waals surface area (Å²) in [7, 11) is 0. The zero-order valence-corrected chi connectivity index (χ0v) is 18.6. The molecule has 5 aliphatic rings. The predicted molar refractivity (Wildman–Crippen MR) is 116 cm³/mol. The van der Waals surface area contributed by atoms with Crippen LogP contribution in [0.1, 0.15) is 38.5 Å². The van der Waals surface area contributed by atoms with E-state index in [0.29, 0.717) is 42.3 Å². The van der Waals surface area contributed by atoms with Gasteiger partial charge in [-0.15, -0.1) is 13.2 Å². The summed E-state index contributed by atoms with van der Waals surface area (Å²) < 4.78 is 42.2. The smallest absolute Gasteiger partial charge is 0.406 e. The number of ether oxygens (including phenoxy) is 1. The van der Waals surface area contributed by atoms with Crippen molar-refractivity contribution in [3.63, 3.8) is 0 Å². The highest BCUT2D eigenvalue weighted by Crippen LogP contribution is 2.60. The minimum Gasteiger partial charge on any atom is -0.406 e. The maximum Gasteiger partial charge on any atom is 0.573 e. The minimum absolute atomic E-state index is 0.109. The molecular formula is C23H26F3N3O2S. The number of rotatable bonds is 3. The van der Waals surface area contributed by atoms with Crippen LogP contribution in [0.3, 0.4) is 0 Å². The molecule has 9 heteroatoms. The first-order chi connectivity index (χ1) is 15.3. The molecule has 0 unspecified atom stereocenters. The largest absolute Gasteiger partial charge is 0.573 e. The Morgan fingerprint density at radius 1 is 1.03 bits per heavy atom. The molecule has 5 nitrogen and oxygen atoms in total. The molecule has 0 radical (unpaired) electrons. The summed E-state index contributed by atoms with van der Waals surface area (Å²) in [5.74, 6) is 2.39. The maximum atomic E-state index is 13.6. The second-order valence-corrected chi connectivity index (χ2v) is 11.2. The maximum absolute atomic E-state index is 13.6. The zero-order valence-electron chi connectivity index (χ0n) is 17.7. The molecule has 1 amide bonds. The number of hydrogen-bond acceptors (Lipinski definition) is 5. The van der Waals surface area contributed by atoms with Gasteiger partial charge in [0.15, 0.2) is 5.13 Å². The monoisotopic (exact) mass is 465 g/mol. The Hall–Kier alpha value is -2.03. The standard InChI is InChI=1S/C23H26F3N3O2S/c24-23(25,26)31-17-1-2-18-19(10-17)32-21(27-18)29-5-3-28(4-6-29)20(30)22-11-14-7-15(12-22)9-16(8-14)13-22/h1-2,10,14-16H,3-9,11-13H2. The molecule has 1 aliphatic heterocycles. The first kappa shape index (κ1) is 20.6. The summed E-state index contributed by atoms with van der Waals surface area (Å²) >= 11 is 1.36. The zero-order chi connectivity index (χ0) is 22.1. The van der Waals surface area contributed by atoms with Gasteiger partial charge >= 0.3 is 6.36 Å². The van der Waals surface area contributed by atoms with Gasteiger partial charge in [-0.05, 0) is 68.4 Å². The number of hydrogen-bond donors (Lipinski definition) is 0. The van der Waals surface area contributed by atoms with Crippen molar-refractivity contribution in [1.82, 2.24) is 9.88 Å². The number of thiazole rings is 1. The summed E-state index contributed by atoms with van der Waals surface area (Å²) in [6.07, 6.45) is 2.52. The third-order valence-electron chi connectivity index (χ3n) is 7.91. The molecule has 172 valence electrons.